The van der Waals surface area contributed by atoms with Crippen molar-refractivity contribution in [2.24, 2.45) is 11.3 Å². The maximum atomic E-state index is 3.94. The predicted octanol–water partition coefficient (Wildman–Crippen LogP) is 9.99. The summed E-state index contributed by atoms with van der Waals surface area (Å²) >= 11 is 0. The van der Waals surface area contributed by atoms with Crippen LogP contribution in [0.1, 0.15) is 94.9 Å². The largest absolute Gasteiger partial charge is 0.0985 e. The summed E-state index contributed by atoms with van der Waals surface area (Å²) in [4.78, 5) is 0. The van der Waals surface area contributed by atoms with Crippen molar-refractivity contribution in [3.63, 3.8) is 0 Å². The van der Waals surface area contributed by atoms with Gasteiger partial charge in [0.1, 0.15) is 0 Å². The quantitative estimate of drug-likeness (QED) is 0.360. The second-order valence-electron chi connectivity index (χ2n) is 10.1. The Kier molecular flexibility index (Phi) is 8.73. The predicted molar refractivity (Wildman–Crippen MR) is 147 cm³/mol. The van der Waals surface area contributed by atoms with Crippen LogP contribution in [0.2, 0.25) is 0 Å². The molecule has 0 radical (unpaired) electrons. The molecule has 2 unspecified atom stereocenters. The van der Waals surface area contributed by atoms with Crippen LogP contribution < -0.4 is 0 Å². The van der Waals surface area contributed by atoms with Crippen molar-refractivity contribution < 1.29 is 0 Å². The van der Waals surface area contributed by atoms with Crippen LogP contribution in [0, 0.1) is 11.3 Å². The van der Waals surface area contributed by atoms with Gasteiger partial charge < -0.3 is 0 Å². The Morgan fingerprint density at radius 3 is 2.42 bits per heavy atom. The van der Waals surface area contributed by atoms with Crippen LogP contribution in [-0.4, -0.2) is 0 Å². The molecule has 2 aromatic rings. The topological polar surface area (TPSA) is 0 Å². The Morgan fingerprint density at radius 2 is 1.76 bits per heavy atom. The van der Waals surface area contributed by atoms with Gasteiger partial charge in [0.2, 0.25) is 0 Å². The standard InChI is InChI=1S/C33H42/c1-7-27-19-21-29(22-20-27)32(28-15-11-9-10-12-16-28)31-18-14-13-17-30(31)26(5)33(6,8-2)24-23-25(3)4/h7,11,13-15,17-26H,1,8-10,12,16H2,2-6H3/b24-23-,32-28-. The van der Waals surface area contributed by atoms with Crippen molar-refractivity contribution in [3.05, 3.63) is 107 Å². The molecule has 0 bridgehead atoms. The summed E-state index contributed by atoms with van der Waals surface area (Å²) in [5.74, 6) is 0.974. The van der Waals surface area contributed by atoms with Gasteiger partial charge >= 0.3 is 0 Å². The molecule has 0 amide bonds. The van der Waals surface area contributed by atoms with Crippen molar-refractivity contribution >= 4 is 11.6 Å². The van der Waals surface area contributed by atoms with E-state index in [1.807, 2.05) is 6.08 Å². The first-order chi connectivity index (χ1) is 15.9. The summed E-state index contributed by atoms with van der Waals surface area (Å²) in [6.07, 6.45) is 17.5. The highest BCUT2D eigenvalue weighted by molar-refractivity contribution is 5.85. The molecule has 0 saturated heterocycles. The molecule has 2 atom stereocenters. The lowest BCUT2D eigenvalue weighted by molar-refractivity contribution is 0.338. The van der Waals surface area contributed by atoms with Gasteiger partial charge in [-0.3, -0.25) is 0 Å². The van der Waals surface area contributed by atoms with Crippen LogP contribution >= 0.6 is 0 Å². The molecule has 0 saturated carbocycles. The van der Waals surface area contributed by atoms with Crippen LogP contribution in [0.3, 0.4) is 0 Å². The summed E-state index contributed by atoms with van der Waals surface area (Å²) in [5.41, 5.74) is 8.28. The van der Waals surface area contributed by atoms with E-state index in [1.54, 1.807) is 0 Å². The minimum absolute atomic E-state index is 0.113. The second kappa shape index (κ2) is 11.5. The lowest BCUT2D eigenvalue weighted by atomic mass is 9.70. The lowest BCUT2D eigenvalue weighted by Gasteiger charge is -2.34. The van der Waals surface area contributed by atoms with Crippen molar-refractivity contribution in [2.45, 2.75) is 72.6 Å². The van der Waals surface area contributed by atoms with Crippen LogP contribution in [0.25, 0.3) is 11.6 Å². The molecule has 0 aromatic heterocycles. The van der Waals surface area contributed by atoms with Gasteiger partial charge in [0.15, 0.2) is 0 Å². The number of allylic oxidation sites excluding steroid dienone is 5. The van der Waals surface area contributed by atoms with Crippen molar-refractivity contribution in [2.75, 3.05) is 0 Å². The first-order valence-electron chi connectivity index (χ1n) is 12.8. The highest BCUT2D eigenvalue weighted by atomic mass is 14.3. The fourth-order valence-electron chi connectivity index (χ4n) is 4.83. The Morgan fingerprint density at radius 1 is 1.03 bits per heavy atom. The van der Waals surface area contributed by atoms with Gasteiger partial charge in [-0.25, -0.2) is 0 Å². The number of benzene rings is 2. The zero-order valence-corrected chi connectivity index (χ0v) is 21.4. The van der Waals surface area contributed by atoms with E-state index in [0.717, 1.165) is 12.8 Å². The Labute approximate surface area is 202 Å². The number of hydrogen-bond acceptors (Lipinski definition) is 0. The molecule has 0 heterocycles. The molecule has 0 nitrogen and oxygen atoms in total. The van der Waals surface area contributed by atoms with Crippen LogP contribution in [-0.2, 0) is 0 Å². The molecule has 33 heavy (non-hydrogen) atoms. The molecule has 0 fully saturated rings. The van der Waals surface area contributed by atoms with Crippen LogP contribution in [0.5, 0.6) is 0 Å². The normalized spacial score (nSPS) is 18.7. The Hall–Kier alpha value is -2.60. The molecule has 3 rings (SSSR count). The summed E-state index contributed by atoms with van der Waals surface area (Å²) in [5, 5.41) is 0. The molecule has 0 aliphatic heterocycles. The Balaban J connectivity index is 2.20. The zero-order chi connectivity index (χ0) is 23.8. The van der Waals surface area contributed by atoms with Crippen molar-refractivity contribution in [3.8, 4) is 0 Å². The van der Waals surface area contributed by atoms with Gasteiger partial charge in [-0.05, 0) is 82.8 Å². The lowest BCUT2D eigenvalue weighted by Crippen LogP contribution is -2.22. The van der Waals surface area contributed by atoms with Crippen molar-refractivity contribution in [1.29, 1.82) is 0 Å². The highest BCUT2D eigenvalue weighted by Crippen LogP contribution is 2.44. The van der Waals surface area contributed by atoms with E-state index < -0.39 is 0 Å². The summed E-state index contributed by atoms with van der Waals surface area (Å²) in [6, 6.07) is 18.1. The summed E-state index contributed by atoms with van der Waals surface area (Å²) < 4.78 is 0. The third-order valence-electron chi connectivity index (χ3n) is 7.45. The van der Waals surface area contributed by atoms with E-state index >= 15 is 0 Å². The molecule has 174 valence electrons. The van der Waals surface area contributed by atoms with Gasteiger partial charge in [-0.2, -0.15) is 0 Å². The third kappa shape index (κ3) is 6.05. The zero-order valence-electron chi connectivity index (χ0n) is 21.4. The van der Waals surface area contributed by atoms with Crippen LogP contribution in [0.4, 0.5) is 0 Å². The molecule has 0 N–H and O–H groups in total. The smallest absolute Gasteiger partial charge is 0.00766 e. The van der Waals surface area contributed by atoms with Gasteiger partial charge in [-0.1, -0.05) is 120 Å². The first-order valence-corrected chi connectivity index (χ1v) is 12.8. The molecule has 2 aromatic carbocycles. The molecule has 1 aliphatic carbocycles. The second-order valence-corrected chi connectivity index (χ2v) is 10.1. The molecule has 1 aliphatic rings. The fourth-order valence-corrected chi connectivity index (χ4v) is 4.83. The van der Waals surface area contributed by atoms with Gasteiger partial charge in [0.05, 0.1) is 0 Å². The molecular formula is C33H42. The first kappa shape index (κ1) is 25.0. The van der Waals surface area contributed by atoms with E-state index in [4.69, 9.17) is 0 Å². The van der Waals surface area contributed by atoms with Gasteiger partial charge in [0, 0.05) is 0 Å². The van der Waals surface area contributed by atoms with E-state index in [2.05, 4.69) is 114 Å². The SMILES string of the molecule is C=Cc1ccc(/C(=C2\C=CCCCC2)c2ccccc2C(C)C(C)(/C=C\C(C)C)CC)cc1. The van der Waals surface area contributed by atoms with E-state index in [-0.39, 0.29) is 5.41 Å². The summed E-state index contributed by atoms with van der Waals surface area (Å²) in [6.45, 7) is 15.6. The summed E-state index contributed by atoms with van der Waals surface area (Å²) in [7, 11) is 0. The van der Waals surface area contributed by atoms with E-state index in [1.165, 1.54) is 52.7 Å². The average Bonchev–Trinajstić information content (AvgIpc) is 3.12. The minimum atomic E-state index is 0.113. The molecule has 0 spiro atoms. The van der Waals surface area contributed by atoms with Crippen LogP contribution in [0.15, 0.2) is 85.0 Å². The molecule has 0 heteroatoms. The van der Waals surface area contributed by atoms with Gasteiger partial charge in [-0.15, -0.1) is 0 Å². The monoisotopic (exact) mass is 438 g/mol. The minimum Gasteiger partial charge on any atom is -0.0985 e. The molecular weight excluding hydrogens is 396 g/mol. The number of hydrogen-bond donors (Lipinski definition) is 0. The van der Waals surface area contributed by atoms with E-state index in [9.17, 15) is 0 Å². The maximum absolute atomic E-state index is 3.94. The highest BCUT2D eigenvalue weighted by Gasteiger charge is 2.30. The fraction of sp³-hybridized carbons (Fsp3) is 0.394. The van der Waals surface area contributed by atoms with Crippen molar-refractivity contribution in [1.82, 2.24) is 0 Å². The van der Waals surface area contributed by atoms with E-state index in [0.29, 0.717) is 11.8 Å². The third-order valence-corrected chi connectivity index (χ3v) is 7.45. The average molecular weight is 439 g/mol. The van der Waals surface area contributed by atoms with Gasteiger partial charge in [0.25, 0.3) is 0 Å². The Bertz CT molecular complexity index is 1010. The maximum Gasteiger partial charge on any atom is -0.00766 e. The number of rotatable bonds is 8.